The number of nitrogens with one attached hydrogen (secondary N) is 1. The van der Waals surface area contributed by atoms with E-state index in [0.717, 1.165) is 19.0 Å². The molecule has 1 aliphatic carbocycles. The number of aromatic nitrogens is 1. The minimum Gasteiger partial charge on any atom is -0.314 e. The molecule has 0 saturated heterocycles. The molecule has 100 valence electrons. The highest BCUT2D eigenvalue weighted by atomic mass is 16.1. The molecule has 1 aromatic rings. The van der Waals surface area contributed by atoms with Gasteiger partial charge in [0, 0.05) is 31.4 Å². The highest BCUT2D eigenvalue weighted by Crippen LogP contribution is 2.26. The summed E-state index contributed by atoms with van der Waals surface area (Å²) >= 11 is 0. The third kappa shape index (κ3) is 3.70. The normalized spacial score (nSPS) is 18.7. The van der Waals surface area contributed by atoms with Crippen LogP contribution in [0.1, 0.15) is 39.0 Å². The molecule has 0 aromatic carbocycles. The summed E-state index contributed by atoms with van der Waals surface area (Å²) in [5.74, 6) is 0.825. The topological polar surface area (TPSA) is 34.0 Å². The summed E-state index contributed by atoms with van der Waals surface area (Å²) in [5, 5.41) is 3.57. The van der Waals surface area contributed by atoms with Crippen LogP contribution in [0, 0.1) is 5.92 Å². The fraction of sp³-hybridized carbons (Fsp3) is 0.667. The molecule has 3 heteroatoms. The molecule has 1 aliphatic rings. The van der Waals surface area contributed by atoms with Gasteiger partial charge in [-0.3, -0.25) is 4.79 Å². The summed E-state index contributed by atoms with van der Waals surface area (Å²) in [6.45, 7) is 3.92. The molecule has 0 spiro atoms. The van der Waals surface area contributed by atoms with Gasteiger partial charge in [0.25, 0.3) is 5.56 Å². The molecule has 1 aromatic heterocycles. The van der Waals surface area contributed by atoms with Crippen LogP contribution in [0.4, 0.5) is 0 Å². The monoisotopic (exact) mass is 248 g/mol. The number of pyridine rings is 1. The van der Waals surface area contributed by atoms with Crippen molar-refractivity contribution >= 4 is 0 Å². The second-order valence-electron chi connectivity index (χ2n) is 5.37. The van der Waals surface area contributed by atoms with Crippen molar-refractivity contribution in [3.05, 3.63) is 34.7 Å². The maximum atomic E-state index is 11.5. The molecule has 1 fully saturated rings. The SMILES string of the molecule is CC(NCCn1ccccc1=O)C1CCCCC1. The molecule has 0 bridgehead atoms. The number of hydrogen-bond acceptors (Lipinski definition) is 2. The first-order valence-corrected chi connectivity index (χ1v) is 7.16. The predicted molar refractivity (Wildman–Crippen MR) is 74.7 cm³/mol. The lowest BCUT2D eigenvalue weighted by Crippen LogP contribution is -2.37. The average Bonchev–Trinajstić information content (AvgIpc) is 2.42. The highest BCUT2D eigenvalue weighted by Gasteiger charge is 2.19. The van der Waals surface area contributed by atoms with Gasteiger partial charge in [0.05, 0.1) is 0 Å². The van der Waals surface area contributed by atoms with Crippen molar-refractivity contribution < 1.29 is 0 Å². The van der Waals surface area contributed by atoms with Gasteiger partial charge in [-0.25, -0.2) is 0 Å². The van der Waals surface area contributed by atoms with E-state index in [4.69, 9.17) is 0 Å². The minimum atomic E-state index is 0.0876. The van der Waals surface area contributed by atoms with Crippen LogP contribution in [0.3, 0.4) is 0 Å². The molecule has 2 rings (SSSR count). The Kier molecular flexibility index (Phi) is 5.00. The number of rotatable bonds is 5. The van der Waals surface area contributed by atoms with E-state index in [0.29, 0.717) is 6.04 Å². The van der Waals surface area contributed by atoms with Crippen molar-refractivity contribution in [2.75, 3.05) is 6.54 Å². The fourth-order valence-electron chi connectivity index (χ4n) is 2.86. The zero-order chi connectivity index (χ0) is 12.8. The molecule has 0 aliphatic heterocycles. The van der Waals surface area contributed by atoms with Crippen molar-refractivity contribution in [2.24, 2.45) is 5.92 Å². The third-order valence-electron chi connectivity index (χ3n) is 4.07. The molecule has 3 nitrogen and oxygen atoms in total. The van der Waals surface area contributed by atoms with Crippen LogP contribution in [-0.2, 0) is 6.54 Å². The van der Waals surface area contributed by atoms with Gasteiger partial charge in [0.2, 0.25) is 0 Å². The highest BCUT2D eigenvalue weighted by molar-refractivity contribution is 4.93. The van der Waals surface area contributed by atoms with E-state index in [2.05, 4.69) is 12.2 Å². The Hall–Kier alpha value is -1.09. The summed E-state index contributed by atoms with van der Waals surface area (Å²) in [6.07, 6.45) is 8.75. The first-order chi connectivity index (χ1) is 8.77. The van der Waals surface area contributed by atoms with Crippen LogP contribution < -0.4 is 10.9 Å². The van der Waals surface area contributed by atoms with Crippen molar-refractivity contribution in [3.8, 4) is 0 Å². The molecular formula is C15H24N2O. The second-order valence-corrected chi connectivity index (χ2v) is 5.37. The zero-order valence-corrected chi connectivity index (χ0v) is 11.3. The van der Waals surface area contributed by atoms with Gasteiger partial charge >= 0.3 is 0 Å². The maximum Gasteiger partial charge on any atom is 0.250 e. The Morgan fingerprint density at radius 2 is 2.11 bits per heavy atom. The van der Waals surface area contributed by atoms with E-state index < -0.39 is 0 Å². The number of hydrogen-bond donors (Lipinski definition) is 1. The van der Waals surface area contributed by atoms with Crippen LogP contribution >= 0.6 is 0 Å². The van der Waals surface area contributed by atoms with E-state index in [1.54, 1.807) is 16.7 Å². The van der Waals surface area contributed by atoms with E-state index >= 15 is 0 Å². The van der Waals surface area contributed by atoms with Gasteiger partial charge < -0.3 is 9.88 Å². The predicted octanol–water partition coefficient (Wildman–Crippen LogP) is 2.41. The number of nitrogens with zero attached hydrogens (tertiary/aromatic N) is 1. The molecule has 18 heavy (non-hydrogen) atoms. The smallest absolute Gasteiger partial charge is 0.250 e. The van der Waals surface area contributed by atoms with E-state index in [1.165, 1.54) is 32.1 Å². The van der Waals surface area contributed by atoms with Crippen molar-refractivity contribution in [2.45, 2.75) is 51.6 Å². The Labute approximate surface area is 109 Å². The maximum absolute atomic E-state index is 11.5. The quantitative estimate of drug-likeness (QED) is 0.868. The van der Waals surface area contributed by atoms with Crippen molar-refractivity contribution in [1.29, 1.82) is 0 Å². The van der Waals surface area contributed by atoms with Gasteiger partial charge in [-0.2, -0.15) is 0 Å². The molecule has 1 saturated carbocycles. The van der Waals surface area contributed by atoms with Crippen LogP contribution in [0.15, 0.2) is 29.2 Å². The van der Waals surface area contributed by atoms with E-state index in [1.807, 2.05) is 12.3 Å². The summed E-state index contributed by atoms with van der Waals surface area (Å²) in [7, 11) is 0. The van der Waals surface area contributed by atoms with Gasteiger partial charge in [-0.15, -0.1) is 0 Å². The average molecular weight is 248 g/mol. The Morgan fingerprint density at radius 3 is 2.83 bits per heavy atom. The van der Waals surface area contributed by atoms with Crippen molar-refractivity contribution in [1.82, 2.24) is 9.88 Å². The van der Waals surface area contributed by atoms with Crippen LogP contribution in [0.5, 0.6) is 0 Å². The Morgan fingerprint density at radius 1 is 1.33 bits per heavy atom. The Bertz CT molecular complexity index is 407. The largest absolute Gasteiger partial charge is 0.314 e. The summed E-state index contributed by atoms with van der Waals surface area (Å²) in [5.41, 5.74) is 0.0876. The van der Waals surface area contributed by atoms with Crippen LogP contribution in [-0.4, -0.2) is 17.2 Å². The van der Waals surface area contributed by atoms with Crippen LogP contribution in [0.25, 0.3) is 0 Å². The van der Waals surface area contributed by atoms with Gasteiger partial charge in [-0.05, 0) is 31.7 Å². The summed E-state index contributed by atoms with van der Waals surface area (Å²) in [4.78, 5) is 11.5. The Balaban J connectivity index is 1.74. The molecule has 0 radical (unpaired) electrons. The lowest BCUT2D eigenvalue weighted by Gasteiger charge is -2.28. The fourth-order valence-corrected chi connectivity index (χ4v) is 2.86. The second kappa shape index (κ2) is 6.74. The standard InChI is InChI=1S/C15H24N2O/c1-13(14-7-3-2-4-8-14)16-10-12-17-11-6-5-9-15(17)18/h5-6,9,11,13-14,16H,2-4,7-8,10,12H2,1H3. The van der Waals surface area contributed by atoms with Crippen molar-refractivity contribution in [3.63, 3.8) is 0 Å². The van der Waals surface area contributed by atoms with E-state index in [9.17, 15) is 4.79 Å². The first kappa shape index (κ1) is 13.3. The van der Waals surface area contributed by atoms with Gasteiger partial charge in [-0.1, -0.05) is 25.3 Å². The molecule has 1 unspecified atom stereocenters. The summed E-state index contributed by atoms with van der Waals surface area (Å²) in [6, 6.07) is 5.89. The lowest BCUT2D eigenvalue weighted by molar-refractivity contribution is 0.279. The molecule has 1 atom stereocenters. The zero-order valence-electron chi connectivity index (χ0n) is 11.3. The summed E-state index contributed by atoms with van der Waals surface area (Å²) < 4.78 is 1.76. The van der Waals surface area contributed by atoms with Crippen LogP contribution in [0.2, 0.25) is 0 Å². The molecule has 1 N–H and O–H groups in total. The molecule has 0 amide bonds. The lowest BCUT2D eigenvalue weighted by atomic mass is 9.84. The molecular weight excluding hydrogens is 224 g/mol. The minimum absolute atomic E-state index is 0.0876. The first-order valence-electron chi connectivity index (χ1n) is 7.16. The van der Waals surface area contributed by atoms with E-state index in [-0.39, 0.29) is 5.56 Å². The molecule has 1 heterocycles. The third-order valence-corrected chi connectivity index (χ3v) is 4.07. The van der Waals surface area contributed by atoms with Gasteiger partial charge in [0.1, 0.15) is 0 Å². The van der Waals surface area contributed by atoms with Gasteiger partial charge in [0.15, 0.2) is 0 Å².